The van der Waals surface area contributed by atoms with E-state index in [0.717, 1.165) is 0 Å². The van der Waals surface area contributed by atoms with E-state index in [1.165, 1.54) is 36.5 Å². The zero-order chi connectivity index (χ0) is 24.2. The SMILES string of the molecule is Oc1c(F)c(F)[c]([Ti]([C]2=CC=CC2)([C]2=CC=CC2)[c]2c(F)c(F)c(O)c(F)c2F)c(F)c1F. The zero-order valence-corrected chi connectivity index (χ0v) is 17.9. The van der Waals surface area contributed by atoms with Gasteiger partial charge in [-0.25, -0.2) is 0 Å². The van der Waals surface area contributed by atoms with E-state index in [1.54, 1.807) is 0 Å². The molecule has 0 fully saturated rings. The van der Waals surface area contributed by atoms with Gasteiger partial charge in [0.05, 0.1) is 0 Å². The molecule has 0 unspecified atom stereocenters. The molecule has 11 heteroatoms. The molecule has 0 aromatic heterocycles. The molecule has 2 aromatic rings. The van der Waals surface area contributed by atoms with Crippen molar-refractivity contribution in [2.45, 2.75) is 12.8 Å². The van der Waals surface area contributed by atoms with E-state index in [9.17, 15) is 27.8 Å². The van der Waals surface area contributed by atoms with Gasteiger partial charge in [0.2, 0.25) is 0 Å². The molecule has 0 bridgehead atoms. The molecule has 0 radical (unpaired) electrons. The Kier molecular flexibility index (Phi) is 5.78. The fraction of sp³-hybridized carbons (Fsp3) is 0.0909. The Bertz CT molecular complexity index is 1170. The van der Waals surface area contributed by atoms with Crippen molar-refractivity contribution in [3.8, 4) is 11.5 Å². The van der Waals surface area contributed by atoms with E-state index in [1.807, 2.05) is 0 Å². The number of allylic oxidation sites excluding steroid dienone is 8. The number of benzene rings is 2. The third-order valence-electron chi connectivity index (χ3n) is 5.74. The summed E-state index contributed by atoms with van der Waals surface area (Å²) < 4.78 is 116. The Morgan fingerprint density at radius 2 is 0.818 bits per heavy atom. The van der Waals surface area contributed by atoms with Crippen LogP contribution >= 0.6 is 0 Å². The molecule has 2 nitrogen and oxygen atoms in total. The van der Waals surface area contributed by atoms with Gasteiger partial charge in [0.15, 0.2) is 0 Å². The third kappa shape index (κ3) is 3.11. The Morgan fingerprint density at radius 3 is 1.06 bits per heavy atom. The van der Waals surface area contributed by atoms with E-state index in [2.05, 4.69) is 0 Å². The van der Waals surface area contributed by atoms with E-state index >= 15 is 17.6 Å². The fourth-order valence-electron chi connectivity index (χ4n) is 4.32. The van der Waals surface area contributed by atoms with E-state index in [4.69, 9.17) is 0 Å². The van der Waals surface area contributed by atoms with Crippen LogP contribution in [0.4, 0.5) is 35.1 Å². The number of phenolic OH excluding ortho intramolecular Hbond substituents is 2. The van der Waals surface area contributed by atoms with Gasteiger partial charge in [-0.3, -0.25) is 0 Å². The van der Waals surface area contributed by atoms with Gasteiger partial charge in [0.1, 0.15) is 0 Å². The summed E-state index contributed by atoms with van der Waals surface area (Å²) in [6.07, 6.45) is 7.58. The van der Waals surface area contributed by atoms with E-state index in [-0.39, 0.29) is 20.6 Å². The number of phenols is 2. The standard InChI is InChI=1S/2C6HF4O.2C5H5.Ti/c2*7-2-1-3(8)5(10)6(11)4(2)9;2*1-2-4-5-3-1;/h2*11H;2*1-3H,4H2;. The van der Waals surface area contributed by atoms with E-state index < -0.39 is 82.4 Å². The van der Waals surface area contributed by atoms with Crippen LogP contribution in [0, 0.1) is 46.5 Å². The molecule has 0 saturated heterocycles. The van der Waals surface area contributed by atoms with Crippen LogP contribution in [-0.4, -0.2) is 10.2 Å². The quantitative estimate of drug-likeness (QED) is 0.347. The van der Waals surface area contributed by atoms with Crippen LogP contribution in [0.15, 0.2) is 44.2 Å². The number of hydrogen-bond acceptors (Lipinski definition) is 2. The predicted molar refractivity (Wildman–Crippen MR) is 98.8 cm³/mol. The fourth-order valence-corrected chi connectivity index (χ4v) is 12.5. The number of aromatic hydroxyl groups is 2. The minimum absolute atomic E-state index is 0.0884. The summed E-state index contributed by atoms with van der Waals surface area (Å²) in [5.41, 5.74) is 0. The van der Waals surface area contributed by atoms with Crippen molar-refractivity contribution in [2.24, 2.45) is 0 Å². The minimum atomic E-state index is -5.88. The van der Waals surface area contributed by atoms with Crippen molar-refractivity contribution in [1.82, 2.24) is 0 Å². The van der Waals surface area contributed by atoms with Gasteiger partial charge in [0.25, 0.3) is 0 Å². The first kappa shape index (κ1) is 23.3. The van der Waals surface area contributed by atoms with E-state index in [0.29, 0.717) is 0 Å². The number of rotatable bonds is 4. The third-order valence-corrected chi connectivity index (χ3v) is 13.6. The van der Waals surface area contributed by atoms with Gasteiger partial charge < -0.3 is 0 Å². The molecule has 0 atom stereocenters. The van der Waals surface area contributed by atoms with Crippen molar-refractivity contribution >= 4 is 7.74 Å². The molecule has 0 heterocycles. The average molecular weight is 508 g/mol. The van der Waals surface area contributed by atoms with Crippen LogP contribution in [-0.2, 0) is 16.6 Å². The Morgan fingerprint density at radius 1 is 0.515 bits per heavy atom. The summed E-state index contributed by atoms with van der Waals surface area (Å²) in [7, 11) is 0. The number of hydrogen-bond donors (Lipinski definition) is 2. The number of halogens is 8. The van der Waals surface area contributed by atoms with Gasteiger partial charge in [-0.05, 0) is 0 Å². The Hall–Kier alpha value is -2.85. The summed E-state index contributed by atoms with van der Waals surface area (Å²) in [5, 5.41) is 18.9. The van der Waals surface area contributed by atoms with Crippen LogP contribution in [0.1, 0.15) is 12.8 Å². The first-order valence-electron chi connectivity index (χ1n) is 9.39. The van der Waals surface area contributed by atoms with Crippen LogP contribution in [0.25, 0.3) is 0 Å². The second-order valence-electron chi connectivity index (χ2n) is 7.36. The second kappa shape index (κ2) is 8.18. The molecular weight excluding hydrogens is 496 g/mol. The van der Waals surface area contributed by atoms with Crippen molar-refractivity contribution in [2.75, 3.05) is 0 Å². The molecule has 0 saturated carbocycles. The molecule has 0 amide bonds. The predicted octanol–water partition coefficient (Wildman–Crippen LogP) is 5.00. The molecule has 2 aliphatic rings. The van der Waals surface area contributed by atoms with Crippen LogP contribution in [0.2, 0.25) is 0 Å². The zero-order valence-electron chi connectivity index (χ0n) is 16.3. The maximum atomic E-state index is 15.3. The molecule has 2 aromatic carbocycles. The molecule has 172 valence electrons. The first-order valence-corrected chi connectivity index (χ1v) is 12.5. The molecule has 0 aliphatic heterocycles. The van der Waals surface area contributed by atoms with Crippen LogP contribution in [0.3, 0.4) is 0 Å². The summed E-state index contributed by atoms with van der Waals surface area (Å²) in [4.78, 5) is 0. The van der Waals surface area contributed by atoms with Crippen molar-refractivity contribution in [3.05, 3.63) is 90.7 Å². The van der Waals surface area contributed by atoms with Crippen molar-refractivity contribution in [3.63, 3.8) is 0 Å². The average Bonchev–Trinajstić information content (AvgIpc) is 3.53. The normalized spacial score (nSPS) is 15.4. The molecule has 33 heavy (non-hydrogen) atoms. The van der Waals surface area contributed by atoms with Crippen molar-refractivity contribution < 1.29 is 61.9 Å². The summed E-state index contributed by atoms with van der Waals surface area (Å²) >= 11 is -5.88. The topological polar surface area (TPSA) is 40.5 Å². The van der Waals surface area contributed by atoms with Gasteiger partial charge in [-0.1, -0.05) is 0 Å². The van der Waals surface area contributed by atoms with Gasteiger partial charge in [0, 0.05) is 0 Å². The van der Waals surface area contributed by atoms with Gasteiger partial charge >= 0.3 is 185 Å². The summed E-state index contributed by atoms with van der Waals surface area (Å²) in [5.74, 6) is -21.4. The molecule has 4 rings (SSSR count). The Labute approximate surface area is 184 Å². The molecule has 2 N–H and O–H groups in total. The molecule has 2 aliphatic carbocycles. The van der Waals surface area contributed by atoms with Gasteiger partial charge in [-0.2, -0.15) is 0 Å². The summed E-state index contributed by atoms with van der Waals surface area (Å²) in [6.45, 7) is 0. The monoisotopic (exact) mass is 508 g/mol. The second-order valence-corrected chi connectivity index (χ2v) is 13.3. The van der Waals surface area contributed by atoms with Crippen molar-refractivity contribution in [1.29, 1.82) is 0 Å². The Balaban J connectivity index is 2.31. The maximum absolute atomic E-state index is 15.3. The summed E-state index contributed by atoms with van der Waals surface area (Å²) in [6, 6.07) is 0. The molecular formula is C22H12F8O2Ti. The first-order chi connectivity index (χ1) is 15.6. The van der Waals surface area contributed by atoms with Crippen LogP contribution in [0.5, 0.6) is 11.5 Å². The van der Waals surface area contributed by atoms with Gasteiger partial charge in [-0.15, -0.1) is 0 Å². The van der Waals surface area contributed by atoms with Crippen LogP contribution < -0.4 is 7.74 Å². The molecule has 0 spiro atoms.